The summed E-state index contributed by atoms with van der Waals surface area (Å²) >= 11 is 0. The minimum Gasteiger partial charge on any atom is -0.198 e. The van der Waals surface area contributed by atoms with Crippen molar-refractivity contribution in [1.82, 2.24) is 0 Å². The van der Waals surface area contributed by atoms with Crippen molar-refractivity contribution in [3.8, 4) is 6.07 Å². The van der Waals surface area contributed by atoms with Crippen molar-refractivity contribution in [3.63, 3.8) is 0 Å². The Labute approximate surface area is 119 Å². The highest BCUT2D eigenvalue weighted by Gasteiger charge is 2.30. The Morgan fingerprint density at radius 3 is 2.05 bits per heavy atom. The lowest BCUT2D eigenvalue weighted by molar-refractivity contribution is 0.153. The number of nitrogens with zero attached hydrogens (tertiary/aromatic N) is 1. The largest absolute Gasteiger partial charge is 0.198 e. The molecule has 2 fully saturated rings. The highest BCUT2D eigenvalue weighted by Crippen LogP contribution is 2.42. The van der Waals surface area contributed by atoms with Crippen LogP contribution < -0.4 is 0 Å². The van der Waals surface area contributed by atoms with E-state index in [0.717, 1.165) is 17.8 Å². The molecule has 0 unspecified atom stereocenters. The molecule has 0 aromatic carbocycles. The van der Waals surface area contributed by atoms with Crippen LogP contribution in [0.2, 0.25) is 0 Å². The average molecular weight is 259 g/mol. The fourth-order valence-electron chi connectivity index (χ4n) is 4.22. The molecule has 0 bridgehead atoms. The smallest absolute Gasteiger partial charge is 0.0655 e. The molecule has 0 aromatic heterocycles. The van der Waals surface area contributed by atoms with Crippen LogP contribution in [-0.4, -0.2) is 0 Å². The molecule has 0 aromatic rings. The molecule has 0 N–H and O–H groups in total. The van der Waals surface area contributed by atoms with Crippen molar-refractivity contribution >= 4 is 0 Å². The number of nitriles is 1. The maximum atomic E-state index is 8.97. The Hall–Kier alpha value is -0.770. The third kappa shape index (κ3) is 4.37. The molecule has 0 saturated heterocycles. The van der Waals surface area contributed by atoms with Crippen LogP contribution in [0, 0.1) is 35.0 Å². The van der Waals surface area contributed by atoms with Gasteiger partial charge in [0.2, 0.25) is 0 Å². The number of allylic oxidation sites excluding steroid dienone is 1. The molecular formula is C18H29N. The van der Waals surface area contributed by atoms with Gasteiger partial charge in [-0.25, -0.2) is 0 Å². The second-order valence-electron chi connectivity index (χ2n) is 6.74. The Morgan fingerprint density at radius 1 is 0.947 bits per heavy atom. The molecule has 1 nitrogen and oxygen atoms in total. The van der Waals surface area contributed by atoms with Crippen molar-refractivity contribution in [2.75, 3.05) is 0 Å². The van der Waals surface area contributed by atoms with Crippen LogP contribution >= 0.6 is 0 Å². The van der Waals surface area contributed by atoms with Crippen LogP contribution in [0.5, 0.6) is 0 Å². The highest BCUT2D eigenvalue weighted by atomic mass is 14.4. The van der Waals surface area contributed by atoms with Gasteiger partial charge in [0.05, 0.1) is 6.07 Å². The fourth-order valence-corrected chi connectivity index (χ4v) is 4.22. The first-order valence-electron chi connectivity index (χ1n) is 8.34. The maximum absolute atomic E-state index is 8.97. The predicted octanol–water partition coefficient (Wildman–Crippen LogP) is 5.48. The van der Waals surface area contributed by atoms with Gasteiger partial charge in [-0.05, 0) is 69.1 Å². The zero-order valence-electron chi connectivity index (χ0n) is 12.3. The van der Waals surface area contributed by atoms with Crippen molar-refractivity contribution in [2.45, 2.75) is 70.6 Å². The summed E-state index contributed by atoms with van der Waals surface area (Å²) in [5.74, 6) is 3.28. The standard InChI is InChI=1S/C18H29N/c1-2-3-4-5-15-6-10-17(11-7-15)18-12-8-16(14-19)9-13-18/h2,15-18H,1,3-13H2/t15-,16?,17-,18?. The second kappa shape index (κ2) is 7.73. The van der Waals surface area contributed by atoms with E-state index in [1.54, 1.807) is 0 Å². The summed E-state index contributed by atoms with van der Waals surface area (Å²) in [4.78, 5) is 0. The molecule has 19 heavy (non-hydrogen) atoms. The van der Waals surface area contributed by atoms with Gasteiger partial charge in [-0.1, -0.05) is 25.3 Å². The third-order valence-corrected chi connectivity index (χ3v) is 5.53. The van der Waals surface area contributed by atoms with E-state index in [0.29, 0.717) is 5.92 Å². The lowest BCUT2D eigenvalue weighted by Gasteiger charge is -2.36. The van der Waals surface area contributed by atoms with E-state index in [4.69, 9.17) is 5.26 Å². The van der Waals surface area contributed by atoms with Gasteiger partial charge in [0.15, 0.2) is 0 Å². The SMILES string of the molecule is C=CCCC[C@H]1CC[C@H](C2CCC(C#N)CC2)CC1. The first kappa shape index (κ1) is 14.6. The Bertz CT molecular complexity index is 298. The Kier molecular flexibility index (Phi) is 5.95. The van der Waals surface area contributed by atoms with Gasteiger partial charge in [-0.3, -0.25) is 0 Å². The van der Waals surface area contributed by atoms with Crippen molar-refractivity contribution in [2.24, 2.45) is 23.7 Å². The number of hydrogen-bond donors (Lipinski definition) is 0. The molecule has 1 heteroatoms. The molecular weight excluding hydrogens is 230 g/mol. The summed E-state index contributed by atoms with van der Waals surface area (Å²) in [6, 6.07) is 2.46. The van der Waals surface area contributed by atoms with Crippen LogP contribution in [0.4, 0.5) is 0 Å². The zero-order chi connectivity index (χ0) is 13.5. The van der Waals surface area contributed by atoms with Gasteiger partial charge in [-0.2, -0.15) is 5.26 Å². The zero-order valence-corrected chi connectivity index (χ0v) is 12.3. The number of unbranched alkanes of at least 4 members (excludes halogenated alkanes) is 1. The molecule has 0 amide bonds. The van der Waals surface area contributed by atoms with E-state index < -0.39 is 0 Å². The van der Waals surface area contributed by atoms with Crippen molar-refractivity contribution in [1.29, 1.82) is 5.26 Å². The predicted molar refractivity (Wildman–Crippen MR) is 80.6 cm³/mol. The molecule has 2 aliphatic carbocycles. The van der Waals surface area contributed by atoms with Crippen LogP contribution in [0.1, 0.15) is 70.6 Å². The van der Waals surface area contributed by atoms with E-state index in [2.05, 4.69) is 18.7 Å². The molecule has 0 aliphatic heterocycles. The van der Waals surface area contributed by atoms with Gasteiger partial charge in [0.1, 0.15) is 0 Å². The summed E-state index contributed by atoms with van der Waals surface area (Å²) in [6.07, 6.45) is 16.8. The van der Waals surface area contributed by atoms with Crippen LogP contribution in [0.25, 0.3) is 0 Å². The minimum atomic E-state index is 0.367. The molecule has 0 heterocycles. The normalized spacial score (nSPS) is 35.5. The van der Waals surface area contributed by atoms with E-state index in [9.17, 15) is 0 Å². The minimum absolute atomic E-state index is 0.367. The van der Waals surface area contributed by atoms with E-state index >= 15 is 0 Å². The third-order valence-electron chi connectivity index (χ3n) is 5.53. The van der Waals surface area contributed by atoms with E-state index in [-0.39, 0.29) is 0 Å². The van der Waals surface area contributed by atoms with Gasteiger partial charge in [-0.15, -0.1) is 6.58 Å². The summed E-state index contributed by atoms with van der Waals surface area (Å²) in [6.45, 7) is 3.81. The lowest BCUT2D eigenvalue weighted by atomic mass is 9.69. The van der Waals surface area contributed by atoms with E-state index in [1.807, 2.05) is 0 Å². The quantitative estimate of drug-likeness (QED) is 0.474. The molecule has 0 spiro atoms. The van der Waals surface area contributed by atoms with Crippen LogP contribution in [0.3, 0.4) is 0 Å². The molecule has 0 radical (unpaired) electrons. The fraction of sp³-hybridized carbons (Fsp3) is 0.833. The molecule has 106 valence electrons. The monoisotopic (exact) mass is 259 g/mol. The van der Waals surface area contributed by atoms with Crippen molar-refractivity contribution in [3.05, 3.63) is 12.7 Å². The van der Waals surface area contributed by atoms with E-state index in [1.165, 1.54) is 70.6 Å². The van der Waals surface area contributed by atoms with Gasteiger partial charge >= 0.3 is 0 Å². The molecule has 2 rings (SSSR count). The molecule has 2 aliphatic rings. The second-order valence-corrected chi connectivity index (χ2v) is 6.74. The van der Waals surface area contributed by atoms with Crippen LogP contribution in [0.15, 0.2) is 12.7 Å². The highest BCUT2D eigenvalue weighted by molar-refractivity contribution is 4.89. The lowest BCUT2D eigenvalue weighted by Crippen LogP contribution is -2.25. The Balaban J connectivity index is 1.66. The molecule has 0 atom stereocenters. The summed E-state index contributed by atoms with van der Waals surface area (Å²) in [5, 5.41) is 8.97. The summed E-state index contributed by atoms with van der Waals surface area (Å²) in [5.41, 5.74) is 0. The number of hydrogen-bond acceptors (Lipinski definition) is 1. The van der Waals surface area contributed by atoms with Crippen molar-refractivity contribution < 1.29 is 0 Å². The summed E-state index contributed by atoms with van der Waals surface area (Å²) in [7, 11) is 0. The maximum Gasteiger partial charge on any atom is 0.0655 e. The first-order chi connectivity index (χ1) is 9.33. The topological polar surface area (TPSA) is 23.8 Å². The van der Waals surface area contributed by atoms with Crippen LogP contribution in [-0.2, 0) is 0 Å². The first-order valence-corrected chi connectivity index (χ1v) is 8.34. The summed E-state index contributed by atoms with van der Waals surface area (Å²) < 4.78 is 0. The number of rotatable bonds is 5. The Morgan fingerprint density at radius 2 is 1.53 bits per heavy atom. The van der Waals surface area contributed by atoms with Gasteiger partial charge in [0.25, 0.3) is 0 Å². The van der Waals surface area contributed by atoms with Gasteiger partial charge < -0.3 is 0 Å². The molecule has 2 saturated carbocycles. The van der Waals surface area contributed by atoms with Gasteiger partial charge in [0, 0.05) is 5.92 Å². The average Bonchev–Trinajstić information content (AvgIpc) is 2.48.